The number of ketones is 1. The van der Waals surface area contributed by atoms with E-state index in [4.69, 9.17) is 9.47 Å². The standard InChI is InChI=1S/C15H21NO3/c1-15(2,13-10-16-8-9-19-13)14(17)11-4-6-12(18-3)7-5-11/h4-7,13,16H,8-10H2,1-3H3. The van der Waals surface area contributed by atoms with Gasteiger partial charge in [0.2, 0.25) is 0 Å². The van der Waals surface area contributed by atoms with Crippen molar-refractivity contribution in [3.05, 3.63) is 29.8 Å². The van der Waals surface area contributed by atoms with Gasteiger partial charge < -0.3 is 14.8 Å². The average molecular weight is 263 g/mol. The van der Waals surface area contributed by atoms with Crippen molar-refractivity contribution < 1.29 is 14.3 Å². The molecule has 19 heavy (non-hydrogen) atoms. The first-order valence-electron chi connectivity index (χ1n) is 6.57. The van der Waals surface area contributed by atoms with E-state index < -0.39 is 5.41 Å². The number of carbonyl (C=O) groups is 1. The molecule has 1 aliphatic heterocycles. The summed E-state index contributed by atoms with van der Waals surface area (Å²) in [6.45, 7) is 6.11. The van der Waals surface area contributed by atoms with Crippen LogP contribution >= 0.6 is 0 Å². The molecular weight excluding hydrogens is 242 g/mol. The topological polar surface area (TPSA) is 47.6 Å². The highest BCUT2D eigenvalue weighted by atomic mass is 16.5. The van der Waals surface area contributed by atoms with Crippen LogP contribution in [0.5, 0.6) is 5.75 Å². The highest BCUT2D eigenvalue weighted by Gasteiger charge is 2.38. The van der Waals surface area contributed by atoms with Crippen LogP contribution in [0.4, 0.5) is 0 Å². The largest absolute Gasteiger partial charge is 0.497 e. The molecule has 0 bridgehead atoms. The summed E-state index contributed by atoms with van der Waals surface area (Å²) in [7, 11) is 1.61. The average Bonchev–Trinajstić information content (AvgIpc) is 2.47. The van der Waals surface area contributed by atoms with Gasteiger partial charge in [-0.1, -0.05) is 0 Å². The number of hydrogen-bond acceptors (Lipinski definition) is 4. The van der Waals surface area contributed by atoms with E-state index >= 15 is 0 Å². The lowest BCUT2D eigenvalue weighted by Crippen LogP contribution is -2.49. The summed E-state index contributed by atoms with van der Waals surface area (Å²) < 4.78 is 10.8. The molecule has 1 unspecified atom stereocenters. The Morgan fingerprint density at radius 3 is 2.58 bits per heavy atom. The number of benzene rings is 1. The number of morpholine rings is 1. The summed E-state index contributed by atoms with van der Waals surface area (Å²) in [5.74, 6) is 0.855. The highest BCUT2D eigenvalue weighted by molar-refractivity contribution is 6.00. The Kier molecular flexibility index (Phi) is 4.22. The van der Waals surface area contributed by atoms with E-state index in [2.05, 4.69) is 5.32 Å². The number of ether oxygens (including phenoxy) is 2. The van der Waals surface area contributed by atoms with Crippen molar-refractivity contribution in [2.45, 2.75) is 20.0 Å². The van der Waals surface area contributed by atoms with Crippen LogP contribution in [0, 0.1) is 5.41 Å². The van der Waals surface area contributed by atoms with Gasteiger partial charge in [-0.2, -0.15) is 0 Å². The summed E-state index contributed by atoms with van der Waals surface area (Å²) >= 11 is 0. The maximum Gasteiger partial charge on any atom is 0.171 e. The molecule has 1 heterocycles. The van der Waals surface area contributed by atoms with Crippen LogP contribution in [0.1, 0.15) is 24.2 Å². The third kappa shape index (κ3) is 2.96. The van der Waals surface area contributed by atoms with Crippen molar-refractivity contribution in [2.24, 2.45) is 5.41 Å². The minimum atomic E-state index is -0.540. The zero-order valence-corrected chi connectivity index (χ0v) is 11.7. The second kappa shape index (κ2) is 5.72. The summed E-state index contributed by atoms with van der Waals surface area (Å²) in [5.41, 5.74) is 0.155. The van der Waals surface area contributed by atoms with Crippen molar-refractivity contribution in [3.8, 4) is 5.75 Å². The van der Waals surface area contributed by atoms with Crippen molar-refractivity contribution in [3.63, 3.8) is 0 Å². The van der Waals surface area contributed by atoms with Crippen LogP contribution in [-0.4, -0.2) is 38.7 Å². The maximum absolute atomic E-state index is 12.6. The van der Waals surface area contributed by atoms with Crippen LogP contribution in [0.2, 0.25) is 0 Å². The molecule has 0 aromatic heterocycles. The second-order valence-electron chi connectivity index (χ2n) is 5.34. The van der Waals surface area contributed by atoms with Crippen LogP contribution in [-0.2, 0) is 4.74 Å². The Morgan fingerprint density at radius 2 is 2.05 bits per heavy atom. The molecule has 1 aliphatic rings. The fourth-order valence-electron chi connectivity index (χ4n) is 2.29. The van der Waals surface area contributed by atoms with Gasteiger partial charge in [0.1, 0.15) is 5.75 Å². The number of methoxy groups -OCH3 is 1. The number of Topliss-reactive ketones (excluding diaryl/α,β-unsaturated/α-hetero) is 1. The van der Waals surface area contributed by atoms with Gasteiger partial charge in [-0.05, 0) is 38.1 Å². The van der Waals surface area contributed by atoms with E-state index in [0.717, 1.165) is 18.8 Å². The summed E-state index contributed by atoms with van der Waals surface area (Å²) in [6.07, 6.45) is -0.0872. The van der Waals surface area contributed by atoms with Gasteiger partial charge in [-0.25, -0.2) is 0 Å². The van der Waals surface area contributed by atoms with Crippen LogP contribution in [0.15, 0.2) is 24.3 Å². The Bertz CT molecular complexity index is 433. The van der Waals surface area contributed by atoms with Crippen LogP contribution in [0.25, 0.3) is 0 Å². The molecular formula is C15H21NO3. The number of rotatable bonds is 4. The van der Waals surface area contributed by atoms with Gasteiger partial charge in [0, 0.05) is 18.7 Å². The Balaban J connectivity index is 2.15. The third-order valence-electron chi connectivity index (χ3n) is 3.67. The van der Waals surface area contributed by atoms with Crippen molar-refractivity contribution in [1.82, 2.24) is 5.32 Å². The number of nitrogens with one attached hydrogen (secondary N) is 1. The molecule has 0 spiro atoms. The molecule has 2 rings (SSSR count). The molecule has 1 aromatic rings. The molecule has 4 nitrogen and oxygen atoms in total. The summed E-state index contributed by atoms with van der Waals surface area (Å²) in [4.78, 5) is 12.6. The molecule has 1 atom stereocenters. The molecule has 104 valence electrons. The van der Waals surface area contributed by atoms with Gasteiger partial charge in [-0.15, -0.1) is 0 Å². The lowest BCUT2D eigenvalue weighted by atomic mass is 9.78. The molecule has 0 amide bonds. The lowest BCUT2D eigenvalue weighted by Gasteiger charge is -2.36. The van der Waals surface area contributed by atoms with Gasteiger partial charge in [-0.3, -0.25) is 4.79 Å². The van der Waals surface area contributed by atoms with E-state index in [1.807, 2.05) is 26.0 Å². The maximum atomic E-state index is 12.6. The smallest absolute Gasteiger partial charge is 0.171 e. The monoisotopic (exact) mass is 263 g/mol. The van der Waals surface area contributed by atoms with Crippen molar-refractivity contribution in [1.29, 1.82) is 0 Å². The molecule has 0 radical (unpaired) electrons. The molecule has 1 aromatic carbocycles. The number of hydrogen-bond donors (Lipinski definition) is 1. The summed E-state index contributed by atoms with van der Waals surface area (Å²) in [6, 6.07) is 7.23. The molecule has 1 fully saturated rings. The normalized spacial score (nSPS) is 20.1. The van der Waals surface area contributed by atoms with Gasteiger partial charge in [0.05, 0.1) is 25.2 Å². The van der Waals surface area contributed by atoms with E-state index in [1.54, 1.807) is 19.2 Å². The van der Waals surface area contributed by atoms with Crippen LogP contribution in [0.3, 0.4) is 0 Å². The number of carbonyl (C=O) groups excluding carboxylic acids is 1. The highest BCUT2D eigenvalue weighted by Crippen LogP contribution is 2.29. The molecule has 1 saturated heterocycles. The van der Waals surface area contributed by atoms with Crippen LogP contribution < -0.4 is 10.1 Å². The predicted molar refractivity (Wildman–Crippen MR) is 73.7 cm³/mol. The third-order valence-corrected chi connectivity index (χ3v) is 3.67. The van der Waals surface area contributed by atoms with Crippen molar-refractivity contribution >= 4 is 5.78 Å². The molecule has 0 saturated carbocycles. The zero-order chi connectivity index (χ0) is 13.9. The van der Waals surface area contributed by atoms with E-state index in [-0.39, 0.29) is 11.9 Å². The van der Waals surface area contributed by atoms with E-state index in [9.17, 15) is 4.79 Å². The lowest BCUT2D eigenvalue weighted by molar-refractivity contribution is -0.0324. The predicted octanol–water partition coefficient (Wildman–Crippen LogP) is 1.89. The second-order valence-corrected chi connectivity index (χ2v) is 5.34. The van der Waals surface area contributed by atoms with Crippen molar-refractivity contribution in [2.75, 3.05) is 26.8 Å². The molecule has 4 heteroatoms. The Hall–Kier alpha value is -1.39. The first-order valence-corrected chi connectivity index (χ1v) is 6.57. The van der Waals surface area contributed by atoms with Gasteiger partial charge in [0.25, 0.3) is 0 Å². The minimum absolute atomic E-state index is 0.0872. The Labute approximate surface area is 114 Å². The SMILES string of the molecule is COc1ccc(C(=O)C(C)(C)C2CNCCO2)cc1. The van der Waals surface area contributed by atoms with Gasteiger partial charge >= 0.3 is 0 Å². The Morgan fingerprint density at radius 1 is 1.37 bits per heavy atom. The fraction of sp³-hybridized carbons (Fsp3) is 0.533. The quantitative estimate of drug-likeness (QED) is 0.843. The molecule has 1 N–H and O–H groups in total. The summed E-state index contributed by atoms with van der Waals surface area (Å²) in [5, 5.41) is 3.27. The van der Waals surface area contributed by atoms with E-state index in [0.29, 0.717) is 12.2 Å². The molecule has 0 aliphatic carbocycles. The van der Waals surface area contributed by atoms with E-state index in [1.165, 1.54) is 0 Å². The fourth-order valence-corrected chi connectivity index (χ4v) is 2.29. The van der Waals surface area contributed by atoms with Gasteiger partial charge in [0.15, 0.2) is 5.78 Å². The first-order chi connectivity index (χ1) is 9.05. The zero-order valence-electron chi connectivity index (χ0n) is 11.7. The first kappa shape index (κ1) is 14.0. The minimum Gasteiger partial charge on any atom is -0.497 e.